The molecule has 0 aliphatic carbocycles. The van der Waals surface area contributed by atoms with Crippen molar-refractivity contribution in [3.05, 3.63) is 30.2 Å². The Balaban J connectivity index is 2.33. The summed E-state index contributed by atoms with van der Waals surface area (Å²) in [4.78, 5) is 4.25. The number of aromatic nitrogens is 2. The Hall–Kier alpha value is -1.84. The highest BCUT2D eigenvalue weighted by Gasteiger charge is 2.10. The van der Waals surface area contributed by atoms with E-state index in [1.807, 2.05) is 13.8 Å². The van der Waals surface area contributed by atoms with E-state index in [0.717, 1.165) is 5.56 Å². The van der Waals surface area contributed by atoms with Crippen molar-refractivity contribution in [3.63, 3.8) is 0 Å². The zero-order valence-electron chi connectivity index (χ0n) is 8.64. The predicted molar refractivity (Wildman–Crippen MR) is 55.5 cm³/mol. The highest BCUT2D eigenvalue weighted by atomic mass is 16.5. The average molecular weight is 204 g/mol. The van der Waals surface area contributed by atoms with Gasteiger partial charge in [0.05, 0.1) is 0 Å². The largest absolute Gasteiger partial charge is 0.508 e. The first-order valence-electron chi connectivity index (χ1n) is 4.80. The van der Waals surface area contributed by atoms with Gasteiger partial charge >= 0.3 is 0 Å². The van der Waals surface area contributed by atoms with E-state index in [1.165, 1.54) is 0 Å². The molecule has 2 rings (SSSR count). The Morgan fingerprint density at radius 2 is 1.87 bits per heavy atom. The molecule has 0 saturated carbocycles. The van der Waals surface area contributed by atoms with Gasteiger partial charge in [-0.25, -0.2) is 0 Å². The normalized spacial score (nSPS) is 10.9. The molecule has 4 heteroatoms. The molecule has 0 amide bonds. The smallest absolute Gasteiger partial charge is 0.229 e. The standard InChI is InChI=1S/C11H12N2O2/c1-7(2)11-12-10(13-15-11)8-3-5-9(14)6-4-8/h3-7,14H,1-2H3. The van der Waals surface area contributed by atoms with E-state index in [2.05, 4.69) is 10.1 Å². The number of benzene rings is 1. The van der Waals surface area contributed by atoms with Gasteiger partial charge in [-0.15, -0.1) is 0 Å². The van der Waals surface area contributed by atoms with Crippen molar-refractivity contribution in [1.82, 2.24) is 10.1 Å². The molecule has 1 N–H and O–H groups in total. The molecule has 1 aromatic heterocycles. The van der Waals surface area contributed by atoms with Crippen LogP contribution in [0.25, 0.3) is 11.4 Å². The van der Waals surface area contributed by atoms with Crippen molar-refractivity contribution in [1.29, 1.82) is 0 Å². The number of hydrogen-bond acceptors (Lipinski definition) is 4. The van der Waals surface area contributed by atoms with Crippen molar-refractivity contribution in [3.8, 4) is 17.1 Å². The van der Waals surface area contributed by atoms with Gasteiger partial charge in [0.15, 0.2) is 0 Å². The first-order valence-corrected chi connectivity index (χ1v) is 4.80. The Labute approximate surface area is 87.6 Å². The maximum absolute atomic E-state index is 9.13. The summed E-state index contributed by atoms with van der Waals surface area (Å²) in [6, 6.07) is 6.70. The van der Waals surface area contributed by atoms with Gasteiger partial charge in [0.1, 0.15) is 5.75 Å². The predicted octanol–water partition coefficient (Wildman–Crippen LogP) is 2.57. The lowest BCUT2D eigenvalue weighted by Gasteiger charge is -1.94. The summed E-state index contributed by atoms with van der Waals surface area (Å²) in [6.07, 6.45) is 0. The summed E-state index contributed by atoms with van der Waals surface area (Å²) in [6.45, 7) is 3.99. The summed E-state index contributed by atoms with van der Waals surface area (Å²) in [5.41, 5.74) is 0.837. The Bertz CT molecular complexity index is 446. The Morgan fingerprint density at radius 3 is 2.40 bits per heavy atom. The molecule has 1 heterocycles. The molecule has 4 nitrogen and oxygen atoms in total. The van der Waals surface area contributed by atoms with Crippen molar-refractivity contribution >= 4 is 0 Å². The van der Waals surface area contributed by atoms with Crippen molar-refractivity contribution in [2.45, 2.75) is 19.8 Å². The summed E-state index contributed by atoms with van der Waals surface area (Å²) >= 11 is 0. The van der Waals surface area contributed by atoms with Crippen LogP contribution in [0.3, 0.4) is 0 Å². The molecule has 0 spiro atoms. The second kappa shape index (κ2) is 3.73. The van der Waals surface area contributed by atoms with Gasteiger partial charge in [-0.2, -0.15) is 4.98 Å². The van der Waals surface area contributed by atoms with Crippen LogP contribution < -0.4 is 0 Å². The Kier molecular flexibility index (Phi) is 2.41. The lowest BCUT2D eigenvalue weighted by Crippen LogP contribution is -1.86. The van der Waals surface area contributed by atoms with Gasteiger partial charge in [0.2, 0.25) is 11.7 Å². The topological polar surface area (TPSA) is 59.2 Å². The highest BCUT2D eigenvalue weighted by molar-refractivity contribution is 5.55. The molecule has 0 aliphatic rings. The molecular weight excluding hydrogens is 192 g/mol. The molecule has 15 heavy (non-hydrogen) atoms. The minimum Gasteiger partial charge on any atom is -0.508 e. The zero-order valence-corrected chi connectivity index (χ0v) is 8.64. The number of nitrogens with zero attached hydrogens (tertiary/aromatic N) is 2. The van der Waals surface area contributed by atoms with Crippen molar-refractivity contribution in [2.24, 2.45) is 0 Å². The van der Waals surface area contributed by atoms with Crippen LogP contribution >= 0.6 is 0 Å². The highest BCUT2D eigenvalue weighted by Crippen LogP contribution is 2.21. The minimum atomic E-state index is 0.225. The van der Waals surface area contributed by atoms with Crippen LogP contribution in [0.2, 0.25) is 0 Å². The van der Waals surface area contributed by atoms with Crippen molar-refractivity contribution < 1.29 is 9.63 Å². The molecule has 0 radical (unpaired) electrons. The van der Waals surface area contributed by atoms with Crippen LogP contribution in [0.5, 0.6) is 5.75 Å². The molecule has 0 saturated heterocycles. The molecule has 0 fully saturated rings. The van der Waals surface area contributed by atoms with Crippen LogP contribution in [-0.2, 0) is 0 Å². The Morgan fingerprint density at radius 1 is 1.20 bits per heavy atom. The van der Waals surface area contributed by atoms with Gasteiger partial charge in [-0.05, 0) is 24.3 Å². The fourth-order valence-electron chi connectivity index (χ4n) is 1.20. The molecule has 1 aromatic carbocycles. The maximum Gasteiger partial charge on any atom is 0.229 e. The first kappa shape index (κ1) is 9.71. The SMILES string of the molecule is CC(C)c1nc(-c2ccc(O)cc2)no1. The number of rotatable bonds is 2. The molecule has 0 bridgehead atoms. The number of phenols is 1. The van der Waals surface area contributed by atoms with E-state index in [-0.39, 0.29) is 11.7 Å². The van der Waals surface area contributed by atoms with Gasteiger partial charge < -0.3 is 9.63 Å². The van der Waals surface area contributed by atoms with Crippen molar-refractivity contribution in [2.75, 3.05) is 0 Å². The fraction of sp³-hybridized carbons (Fsp3) is 0.273. The molecule has 2 aromatic rings. The maximum atomic E-state index is 9.13. The van der Waals surface area contributed by atoms with E-state index in [9.17, 15) is 0 Å². The number of aromatic hydroxyl groups is 1. The monoisotopic (exact) mass is 204 g/mol. The lowest BCUT2D eigenvalue weighted by atomic mass is 10.2. The van der Waals surface area contributed by atoms with Gasteiger partial charge in [0.25, 0.3) is 0 Å². The first-order chi connectivity index (χ1) is 7.16. The minimum absolute atomic E-state index is 0.225. The molecule has 0 atom stereocenters. The third-order valence-electron chi connectivity index (χ3n) is 2.06. The summed E-state index contributed by atoms with van der Waals surface area (Å²) in [5.74, 6) is 1.63. The summed E-state index contributed by atoms with van der Waals surface area (Å²) < 4.78 is 5.09. The average Bonchev–Trinajstić information content (AvgIpc) is 2.68. The molecular formula is C11H12N2O2. The van der Waals surface area contributed by atoms with Crippen LogP contribution in [0.1, 0.15) is 25.7 Å². The fourth-order valence-corrected chi connectivity index (χ4v) is 1.20. The second-order valence-electron chi connectivity index (χ2n) is 3.66. The van der Waals surface area contributed by atoms with Gasteiger partial charge in [0, 0.05) is 11.5 Å². The van der Waals surface area contributed by atoms with Crippen LogP contribution in [0, 0.1) is 0 Å². The van der Waals surface area contributed by atoms with Crippen LogP contribution in [0.4, 0.5) is 0 Å². The molecule has 0 unspecified atom stereocenters. The third-order valence-corrected chi connectivity index (χ3v) is 2.06. The third kappa shape index (κ3) is 1.98. The second-order valence-corrected chi connectivity index (χ2v) is 3.66. The van der Waals surface area contributed by atoms with E-state index in [4.69, 9.17) is 9.63 Å². The lowest BCUT2D eigenvalue weighted by molar-refractivity contribution is 0.365. The van der Waals surface area contributed by atoms with E-state index >= 15 is 0 Å². The van der Waals surface area contributed by atoms with E-state index in [1.54, 1.807) is 24.3 Å². The quantitative estimate of drug-likeness (QED) is 0.816. The number of phenolic OH excluding ortho intramolecular Hbond substituents is 1. The van der Waals surface area contributed by atoms with Crippen LogP contribution in [-0.4, -0.2) is 15.2 Å². The van der Waals surface area contributed by atoms with E-state index in [0.29, 0.717) is 11.7 Å². The number of hydrogen-bond donors (Lipinski definition) is 1. The molecule has 78 valence electrons. The summed E-state index contributed by atoms with van der Waals surface area (Å²) in [7, 11) is 0. The zero-order chi connectivity index (χ0) is 10.8. The van der Waals surface area contributed by atoms with E-state index < -0.39 is 0 Å². The van der Waals surface area contributed by atoms with Crippen LogP contribution in [0.15, 0.2) is 28.8 Å². The van der Waals surface area contributed by atoms with Gasteiger partial charge in [-0.1, -0.05) is 19.0 Å². The molecule has 0 aliphatic heterocycles. The van der Waals surface area contributed by atoms with Gasteiger partial charge in [-0.3, -0.25) is 0 Å². The summed E-state index contributed by atoms with van der Waals surface area (Å²) in [5, 5.41) is 13.0.